The molecule has 10 nitrogen and oxygen atoms in total. The van der Waals surface area contributed by atoms with Crippen molar-refractivity contribution in [3.63, 3.8) is 0 Å². The van der Waals surface area contributed by atoms with Crippen molar-refractivity contribution < 1.29 is 38.4 Å². The van der Waals surface area contributed by atoms with Gasteiger partial charge in [-0.25, -0.2) is 0 Å². The molecule has 1 aromatic heterocycles. The number of phenols is 2. The lowest BCUT2D eigenvalue weighted by Crippen LogP contribution is -2.41. The minimum absolute atomic E-state index is 0.0366. The molecule has 1 unspecified atom stereocenters. The normalized spacial score (nSPS) is 14.1. The van der Waals surface area contributed by atoms with Crippen LogP contribution in [0.15, 0.2) is 63.8 Å². The first-order chi connectivity index (χ1) is 19.9. The molecule has 0 saturated carbocycles. The number of rotatable bonds is 8. The van der Waals surface area contributed by atoms with Crippen molar-refractivity contribution >= 4 is 16.9 Å². The molecule has 4 aromatic rings. The number of ether oxygens (including phenoxy) is 4. The predicted molar refractivity (Wildman–Crippen MR) is 151 cm³/mol. The van der Waals surface area contributed by atoms with E-state index >= 15 is 0 Å². The van der Waals surface area contributed by atoms with Crippen LogP contribution in [0.5, 0.6) is 28.7 Å². The Bertz CT molecular complexity index is 1620. The molecule has 5 rings (SSSR count). The minimum Gasteiger partial charge on any atom is -0.507 e. The number of amides is 1. The lowest BCUT2D eigenvalue weighted by atomic mass is 9.85. The summed E-state index contributed by atoms with van der Waals surface area (Å²) in [6.07, 6.45) is -0.113. The van der Waals surface area contributed by atoms with Crippen LogP contribution in [0.1, 0.15) is 23.5 Å². The minimum atomic E-state index is -0.877. The predicted octanol–water partition coefficient (Wildman–Crippen LogP) is 4.28. The van der Waals surface area contributed by atoms with Crippen LogP contribution in [-0.4, -0.2) is 68.7 Å². The van der Waals surface area contributed by atoms with Gasteiger partial charge in [-0.15, -0.1) is 0 Å². The molecule has 2 N–H and O–H groups in total. The second kappa shape index (κ2) is 11.8. The van der Waals surface area contributed by atoms with E-state index in [2.05, 4.69) is 0 Å². The van der Waals surface area contributed by atoms with Crippen LogP contribution in [0.3, 0.4) is 0 Å². The summed E-state index contributed by atoms with van der Waals surface area (Å²) in [4.78, 5) is 28.7. The van der Waals surface area contributed by atoms with Gasteiger partial charge < -0.3 is 38.5 Å². The van der Waals surface area contributed by atoms with Crippen molar-refractivity contribution in [3.05, 3.63) is 75.9 Å². The first-order valence-corrected chi connectivity index (χ1v) is 13.1. The number of phenolic OH excluding ortho intramolecular Hbond substituents is 2. The highest BCUT2D eigenvalue weighted by atomic mass is 16.5. The number of hydrogen-bond acceptors (Lipinski definition) is 9. The number of hydrogen-bond donors (Lipinski definition) is 2. The van der Waals surface area contributed by atoms with Crippen molar-refractivity contribution in [1.82, 2.24) is 4.90 Å². The summed E-state index contributed by atoms with van der Waals surface area (Å²) >= 11 is 0. The van der Waals surface area contributed by atoms with Gasteiger partial charge in [0.15, 0.2) is 16.9 Å². The Morgan fingerprint density at radius 2 is 1.63 bits per heavy atom. The molecule has 1 aliphatic rings. The van der Waals surface area contributed by atoms with Gasteiger partial charge in [0, 0.05) is 54.3 Å². The highest BCUT2D eigenvalue weighted by Gasteiger charge is 2.33. The lowest BCUT2D eigenvalue weighted by Gasteiger charge is -2.30. The quantitative estimate of drug-likeness (QED) is 0.324. The average Bonchev–Trinajstić information content (AvgIpc) is 2.99. The Labute approximate surface area is 236 Å². The average molecular weight is 562 g/mol. The molecule has 214 valence electrons. The number of carbonyl (C=O) groups is 1. The first kappa shape index (κ1) is 27.9. The molecular formula is C31H31NO9. The van der Waals surface area contributed by atoms with Crippen molar-refractivity contribution in [2.45, 2.75) is 12.3 Å². The Balaban J connectivity index is 1.79. The van der Waals surface area contributed by atoms with Gasteiger partial charge in [0.05, 0.1) is 34.5 Å². The van der Waals surface area contributed by atoms with Crippen molar-refractivity contribution in [3.8, 4) is 40.1 Å². The van der Waals surface area contributed by atoms with Crippen LogP contribution in [0.25, 0.3) is 22.3 Å². The molecule has 0 aliphatic carbocycles. The molecule has 0 spiro atoms. The molecule has 1 aliphatic heterocycles. The molecule has 0 radical (unpaired) electrons. The van der Waals surface area contributed by atoms with Crippen molar-refractivity contribution in [1.29, 1.82) is 0 Å². The molecule has 1 amide bonds. The number of benzene rings is 3. The summed E-state index contributed by atoms with van der Waals surface area (Å²) in [5.41, 5.74) is 0.735. The summed E-state index contributed by atoms with van der Waals surface area (Å²) in [7, 11) is 4.43. The van der Waals surface area contributed by atoms with Gasteiger partial charge in [0.2, 0.25) is 11.7 Å². The number of morpholine rings is 1. The standard InChI is InChI=1S/C31H31NO9/c1-37-24-10-9-19(29(38-2)30(24)39-3)20(15-26(36)32-11-13-40-14-12-32)27-21(33)16-22(34)28-23(35)17-25(41-31(27)28)18-7-5-4-6-8-18/h4-10,16-17,20,33-34H,11-15H2,1-3H3. The van der Waals surface area contributed by atoms with E-state index < -0.39 is 17.1 Å². The summed E-state index contributed by atoms with van der Waals surface area (Å²) < 4.78 is 28.5. The van der Waals surface area contributed by atoms with E-state index in [1.165, 1.54) is 27.4 Å². The Hall–Kier alpha value is -4.70. The topological polar surface area (TPSA) is 128 Å². The summed E-state index contributed by atoms with van der Waals surface area (Å²) in [5.74, 6) is -0.628. The van der Waals surface area contributed by atoms with E-state index in [1.54, 1.807) is 41.3 Å². The van der Waals surface area contributed by atoms with E-state index in [0.717, 1.165) is 6.07 Å². The number of nitrogens with zero attached hydrogens (tertiary/aromatic N) is 1. The number of carbonyl (C=O) groups excluding carboxylic acids is 1. The fraction of sp³-hybridized carbons (Fsp3) is 0.290. The highest BCUT2D eigenvalue weighted by molar-refractivity contribution is 5.91. The zero-order valence-corrected chi connectivity index (χ0v) is 23.0. The third kappa shape index (κ3) is 5.26. The second-order valence-electron chi connectivity index (χ2n) is 9.55. The smallest absolute Gasteiger partial charge is 0.223 e. The zero-order chi connectivity index (χ0) is 29.1. The summed E-state index contributed by atoms with van der Waals surface area (Å²) in [5, 5.41) is 22.0. The monoisotopic (exact) mass is 561 g/mol. The van der Waals surface area contributed by atoms with Crippen LogP contribution in [0, 0.1) is 0 Å². The van der Waals surface area contributed by atoms with Crippen LogP contribution in [0.4, 0.5) is 0 Å². The third-order valence-electron chi connectivity index (χ3n) is 7.26. The van der Waals surface area contributed by atoms with Crippen LogP contribution < -0.4 is 19.6 Å². The lowest BCUT2D eigenvalue weighted by molar-refractivity contribution is -0.135. The molecule has 1 fully saturated rings. The Morgan fingerprint density at radius 3 is 2.29 bits per heavy atom. The molecule has 2 heterocycles. The van der Waals surface area contributed by atoms with E-state index in [9.17, 15) is 19.8 Å². The highest BCUT2D eigenvalue weighted by Crippen LogP contribution is 2.49. The Kier molecular flexibility index (Phi) is 8.02. The molecule has 1 atom stereocenters. The first-order valence-electron chi connectivity index (χ1n) is 13.1. The maximum atomic E-state index is 13.7. The fourth-order valence-electron chi connectivity index (χ4n) is 5.29. The van der Waals surface area contributed by atoms with Gasteiger partial charge in [0.1, 0.15) is 28.2 Å². The number of methoxy groups -OCH3 is 3. The van der Waals surface area contributed by atoms with Gasteiger partial charge in [-0.2, -0.15) is 0 Å². The second-order valence-corrected chi connectivity index (χ2v) is 9.55. The molecule has 3 aromatic carbocycles. The van der Waals surface area contributed by atoms with E-state index in [1.807, 2.05) is 6.07 Å². The zero-order valence-electron chi connectivity index (χ0n) is 23.0. The molecule has 10 heteroatoms. The number of fused-ring (bicyclic) bond motifs is 1. The van der Waals surface area contributed by atoms with Crippen LogP contribution in [0.2, 0.25) is 0 Å². The molecular weight excluding hydrogens is 530 g/mol. The maximum absolute atomic E-state index is 13.7. The summed E-state index contributed by atoms with van der Waals surface area (Å²) in [6.45, 7) is 1.67. The van der Waals surface area contributed by atoms with Crippen molar-refractivity contribution in [2.24, 2.45) is 0 Å². The SMILES string of the molecule is COc1ccc(C(CC(=O)N2CCOCC2)c2c(O)cc(O)c3c(=O)cc(-c4ccccc4)oc23)c(OC)c1OC. The largest absolute Gasteiger partial charge is 0.507 e. The van der Waals surface area contributed by atoms with E-state index in [-0.39, 0.29) is 46.1 Å². The maximum Gasteiger partial charge on any atom is 0.223 e. The molecule has 1 saturated heterocycles. The van der Waals surface area contributed by atoms with Gasteiger partial charge in [-0.3, -0.25) is 9.59 Å². The van der Waals surface area contributed by atoms with Gasteiger partial charge >= 0.3 is 0 Å². The van der Waals surface area contributed by atoms with Gasteiger partial charge in [-0.05, 0) is 6.07 Å². The molecule has 0 bridgehead atoms. The van der Waals surface area contributed by atoms with Crippen LogP contribution in [-0.2, 0) is 9.53 Å². The van der Waals surface area contributed by atoms with E-state index in [4.69, 9.17) is 23.4 Å². The van der Waals surface area contributed by atoms with Crippen LogP contribution >= 0.6 is 0 Å². The van der Waals surface area contributed by atoms with Gasteiger partial charge in [-0.1, -0.05) is 36.4 Å². The molecule has 41 heavy (non-hydrogen) atoms. The summed E-state index contributed by atoms with van der Waals surface area (Å²) in [6, 6.07) is 14.8. The number of aromatic hydroxyl groups is 2. The van der Waals surface area contributed by atoms with Gasteiger partial charge in [0.25, 0.3) is 0 Å². The van der Waals surface area contributed by atoms with E-state index in [0.29, 0.717) is 48.9 Å². The Morgan fingerprint density at radius 1 is 0.927 bits per heavy atom. The fourth-order valence-corrected chi connectivity index (χ4v) is 5.29. The third-order valence-corrected chi connectivity index (χ3v) is 7.26. The van der Waals surface area contributed by atoms with Crippen molar-refractivity contribution in [2.75, 3.05) is 47.6 Å².